The van der Waals surface area contributed by atoms with Crippen molar-refractivity contribution >= 4 is 36.4 Å². The van der Waals surface area contributed by atoms with Gasteiger partial charge in [0.2, 0.25) is 5.91 Å². The highest BCUT2D eigenvalue weighted by molar-refractivity contribution is 5.85. The zero-order valence-electron chi connectivity index (χ0n) is 13.4. The highest BCUT2D eigenvalue weighted by Crippen LogP contribution is 2.20. The minimum Gasteiger partial charge on any atom is -0.368 e. The molecule has 1 amide bonds. The van der Waals surface area contributed by atoms with E-state index in [9.17, 15) is 4.79 Å². The second-order valence-electron chi connectivity index (χ2n) is 5.36. The molecule has 1 aliphatic heterocycles. The smallest absolute Gasteiger partial charge is 0.222 e. The molecule has 1 aliphatic rings. The van der Waals surface area contributed by atoms with Gasteiger partial charge in [-0.25, -0.2) is 0 Å². The molecule has 0 radical (unpaired) electrons. The van der Waals surface area contributed by atoms with Crippen LogP contribution in [0.15, 0.2) is 24.3 Å². The lowest BCUT2D eigenvalue weighted by Crippen LogP contribution is -2.49. The second kappa shape index (κ2) is 10.7. The summed E-state index contributed by atoms with van der Waals surface area (Å²) < 4.78 is 0. The van der Waals surface area contributed by atoms with E-state index in [-0.39, 0.29) is 24.8 Å². The van der Waals surface area contributed by atoms with Crippen LogP contribution in [0.25, 0.3) is 0 Å². The summed E-state index contributed by atoms with van der Waals surface area (Å²) in [5.74, 6) is 0.296. The number of carbonyl (C=O) groups is 1. The highest BCUT2D eigenvalue weighted by atomic mass is 35.5. The number of carbonyl (C=O) groups excluding carboxylic acids is 1. The standard InChI is InChI=1S/C16H25N3O.2ClH/c1-14-6-3-4-7-15(14)18-10-12-19(13-11-18)16(20)8-5-9-17-2;;/h3-4,6-7,17H,5,8-13H2,1-2H3;2*1H. The minimum absolute atomic E-state index is 0. The Morgan fingerprint density at radius 3 is 2.36 bits per heavy atom. The number of hydrogen-bond acceptors (Lipinski definition) is 3. The van der Waals surface area contributed by atoms with Crippen LogP contribution in [0.5, 0.6) is 0 Å². The van der Waals surface area contributed by atoms with E-state index < -0.39 is 0 Å². The molecule has 1 saturated heterocycles. The van der Waals surface area contributed by atoms with Crippen molar-refractivity contribution in [1.82, 2.24) is 10.2 Å². The molecule has 1 N–H and O–H groups in total. The third-order valence-electron chi connectivity index (χ3n) is 3.91. The predicted octanol–water partition coefficient (Wildman–Crippen LogP) is 2.49. The van der Waals surface area contributed by atoms with E-state index in [2.05, 4.69) is 41.4 Å². The van der Waals surface area contributed by atoms with Crippen LogP contribution in [-0.4, -0.2) is 50.6 Å². The molecule has 22 heavy (non-hydrogen) atoms. The lowest BCUT2D eigenvalue weighted by molar-refractivity contribution is -0.131. The number of hydrogen-bond donors (Lipinski definition) is 1. The molecular formula is C16H27Cl2N3O. The van der Waals surface area contributed by atoms with Gasteiger partial charge in [0, 0.05) is 38.3 Å². The first-order valence-corrected chi connectivity index (χ1v) is 7.45. The van der Waals surface area contributed by atoms with Gasteiger partial charge < -0.3 is 15.1 Å². The maximum absolute atomic E-state index is 12.1. The Balaban J connectivity index is 0.00000220. The first-order valence-electron chi connectivity index (χ1n) is 7.45. The molecule has 126 valence electrons. The maximum atomic E-state index is 12.1. The molecule has 1 heterocycles. The van der Waals surface area contributed by atoms with Gasteiger partial charge in [-0.1, -0.05) is 18.2 Å². The minimum atomic E-state index is 0. The van der Waals surface area contributed by atoms with Gasteiger partial charge in [-0.05, 0) is 38.6 Å². The number of anilines is 1. The lowest BCUT2D eigenvalue weighted by atomic mass is 10.1. The van der Waals surface area contributed by atoms with Crippen molar-refractivity contribution in [2.45, 2.75) is 19.8 Å². The van der Waals surface area contributed by atoms with Gasteiger partial charge in [0.1, 0.15) is 0 Å². The number of benzene rings is 1. The van der Waals surface area contributed by atoms with E-state index in [0.717, 1.165) is 39.1 Å². The van der Waals surface area contributed by atoms with Gasteiger partial charge in [0.05, 0.1) is 0 Å². The third-order valence-corrected chi connectivity index (χ3v) is 3.91. The molecule has 0 bridgehead atoms. The van der Waals surface area contributed by atoms with Crippen LogP contribution in [0.3, 0.4) is 0 Å². The Kier molecular flexibility index (Phi) is 10.2. The van der Waals surface area contributed by atoms with Crippen molar-refractivity contribution in [3.05, 3.63) is 29.8 Å². The van der Waals surface area contributed by atoms with Gasteiger partial charge in [-0.2, -0.15) is 0 Å². The molecule has 0 spiro atoms. The summed E-state index contributed by atoms with van der Waals surface area (Å²) >= 11 is 0. The molecule has 1 aromatic carbocycles. The molecule has 6 heteroatoms. The fourth-order valence-corrected chi connectivity index (χ4v) is 2.69. The van der Waals surface area contributed by atoms with Gasteiger partial charge in [-0.3, -0.25) is 4.79 Å². The average Bonchev–Trinajstić information content (AvgIpc) is 2.48. The highest BCUT2D eigenvalue weighted by Gasteiger charge is 2.21. The van der Waals surface area contributed by atoms with Gasteiger partial charge in [-0.15, -0.1) is 24.8 Å². The molecule has 0 atom stereocenters. The number of nitrogens with zero attached hydrogens (tertiary/aromatic N) is 2. The van der Waals surface area contributed by atoms with Crippen molar-refractivity contribution < 1.29 is 4.79 Å². The fourth-order valence-electron chi connectivity index (χ4n) is 2.69. The van der Waals surface area contributed by atoms with E-state index in [1.165, 1.54) is 11.3 Å². The molecule has 0 unspecified atom stereocenters. The van der Waals surface area contributed by atoms with Crippen molar-refractivity contribution in [2.24, 2.45) is 0 Å². The van der Waals surface area contributed by atoms with Crippen molar-refractivity contribution in [2.75, 3.05) is 44.7 Å². The summed E-state index contributed by atoms with van der Waals surface area (Å²) in [7, 11) is 1.92. The Hall–Kier alpha value is -0.970. The molecular weight excluding hydrogens is 321 g/mol. The number of halogens is 2. The van der Waals surface area contributed by atoms with Crippen LogP contribution in [0.4, 0.5) is 5.69 Å². The van der Waals surface area contributed by atoms with Crippen LogP contribution < -0.4 is 10.2 Å². The lowest BCUT2D eigenvalue weighted by Gasteiger charge is -2.36. The van der Waals surface area contributed by atoms with Crippen LogP contribution in [0.2, 0.25) is 0 Å². The average molecular weight is 348 g/mol. The van der Waals surface area contributed by atoms with E-state index >= 15 is 0 Å². The van der Waals surface area contributed by atoms with Gasteiger partial charge in [0.15, 0.2) is 0 Å². The topological polar surface area (TPSA) is 35.6 Å². The summed E-state index contributed by atoms with van der Waals surface area (Å²) in [6, 6.07) is 8.46. The summed E-state index contributed by atoms with van der Waals surface area (Å²) in [6.45, 7) is 6.60. The van der Waals surface area contributed by atoms with Crippen molar-refractivity contribution in [1.29, 1.82) is 0 Å². The Morgan fingerprint density at radius 2 is 1.77 bits per heavy atom. The Labute approximate surface area is 146 Å². The number of piperazine rings is 1. The van der Waals surface area contributed by atoms with Crippen LogP contribution in [-0.2, 0) is 4.79 Å². The monoisotopic (exact) mass is 347 g/mol. The van der Waals surface area contributed by atoms with E-state index in [0.29, 0.717) is 12.3 Å². The molecule has 4 nitrogen and oxygen atoms in total. The van der Waals surface area contributed by atoms with Gasteiger partial charge >= 0.3 is 0 Å². The number of nitrogens with one attached hydrogen (secondary N) is 1. The third kappa shape index (κ3) is 5.67. The molecule has 0 saturated carbocycles. The van der Waals surface area contributed by atoms with Crippen LogP contribution in [0, 0.1) is 6.92 Å². The fraction of sp³-hybridized carbons (Fsp3) is 0.562. The van der Waals surface area contributed by atoms with Crippen LogP contribution >= 0.6 is 24.8 Å². The van der Waals surface area contributed by atoms with Crippen molar-refractivity contribution in [3.63, 3.8) is 0 Å². The SMILES string of the molecule is CNCCCC(=O)N1CCN(c2ccccc2C)CC1.Cl.Cl. The van der Waals surface area contributed by atoms with E-state index in [1.807, 2.05) is 11.9 Å². The zero-order chi connectivity index (χ0) is 14.4. The number of amides is 1. The van der Waals surface area contributed by atoms with Crippen molar-refractivity contribution in [3.8, 4) is 0 Å². The summed E-state index contributed by atoms with van der Waals surface area (Å²) in [5, 5.41) is 3.08. The summed E-state index contributed by atoms with van der Waals surface area (Å²) in [4.78, 5) is 16.4. The van der Waals surface area contributed by atoms with E-state index in [4.69, 9.17) is 0 Å². The summed E-state index contributed by atoms with van der Waals surface area (Å²) in [6.07, 6.45) is 1.58. The quantitative estimate of drug-likeness (QED) is 0.831. The molecule has 2 rings (SSSR count). The Bertz CT molecular complexity index is 449. The maximum Gasteiger partial charge on any atom is 0.222 e. The first-order chi connectivity index (χ1) is 9.72. The largest absolute Gasteiger partial charge is 0.368 e. The molecule has 1 fully saturated rings. The zero-order valence-corrected chi connectivity index (χ0v) is 15.0. The first kappa shape index (κ1) is 21.0. The molecule has 0 aromatic heterocycles. The predicted molar refractivity (Wildman–Crippen MR) is 97.6 cm³/mol. The Morgan fingerprint density at radius 1 is 1.14 bits per heavy atom. The number of rotatable bonds is 5. The number of aryl methyl sites for hydroxylation is 1. The molecule has 1 aromatic rings. The van der Waals surface area contributed by atoms with Crippen LogP contribution in [0.1, 0.15) is 18.4 Å². The summed E-state index contributed by atoms with van der Waals surface area (Å²) in [5.41, 5.74) is 2.61. The normalized spacial score (nSPS) is 14.1. The van der Waals surface area contributed by atoms with E-state index in [1.54, 1.807) is 0 Å². The van der Waals surface area contributed by atoms with Gasteiger partial charge in [0.25, 0.3) is 0 Å². The number of para-hydroxylation sites is 1. The second-order valence-corrected chi connectivity index (χ2v) is 5.36. The molecule has 0 aliphatic carbocycles.